The highest BCUT2D eigenvalue weighted by molar-refractivity contribution is 8.00. The Hall–Kier alpha value is -1.42. The molecule has 0 bridgehead atoms. The maximum absolute atomic E-state index is 11.3. The van der Waals surface area contributed by atoms with Gasteiger partial charge >= 0.3 is 0 Å². The molecule has 0 spiro atoms. The number of nitrogens with two attached hydrogens (primary N) is 1. The number of nitrogens with one attached hydrogen (secondary N) is 1. The first kappa shape index (κ1) is 12.6. The van der Waals surface area contributed by atoms with Gasteiger partial charge in [0.2, 0.25) is 5.91 Å². The van der Waals surface area contributed by atoms with Gasteiger partial charge in [0.1, 0.15) is 0 Å². The topological polar surface area (TPSA) is 55.1 Å². The lowest BCUT2D eigenvalue weighted by molar-refractivity contribution is -0.118. The molecule has 1 aromatic carbocycles. The number of benzene rings is 1. The Morgan fingerprint density at radius 1 is 1.62 bits per heavy atom. The van der Waals surface area contributed by atoms with E-state index in [1.165, 1.54) is 11.8 Å². The third kappa shape index (κ3) is 3.98. The van der Waals surface area contributed by atoms with Crippen LogP contribution in [0.25, 0.3) is 0 Å². The second-order valence-electron chi connectivity index (χ2n) is 3.40. The van der Waals surface area contributed by atoms with E-state index < -0.39 is 0 Å². The van der Waals surface area contributed by atoms with Crippen molar-refractivity contribution >= 4 is 23.4 Å². The van der Waals surface area contributed by atoms with Crippen LogP contribution >= 0.6 is 11.8 Å². The summed E-state index contributed by atoms with van der Waals surface area (Å²) in [7, 11) is 0. The number of amides is 1. The van der Waals surface area contributed by atoms with E-state index in [1.807, 2.05) is 25.1 Å². The van der Waals surface area contributed by atoms with Crippen molar-refractivity contribution in [2.24, 2.45) is 0 Å². The zero-order valence-corrected chi connectivity index (χ0v) is 10.1. The fraction of sp³-hybridized carbons (Fsp3) is 0.250. The maximum Gasteiger partial charge on any atom is 0.230 e. The average Bonchev–Trinajstić information content (AvgIpc) is 2.28. The molecular weight excluding hydrogens is 220 g/mol. The molecule has 0 aliphatic rings. The molecule has 3 N–H and O–H groups in total. The van der Waals surface area contributed by atoms with Crippen LogP contribution in [0.2, 0.25) is 0 Å². The smallest absolute Gasteiger partial charge is 0.230 e. The largest absolute Gasteiger partial charge is 0.399 e. The van der Waals surface area contributed by atoms with Crippen molar-refractivity contribution < 1.29 is 4.79 Å². The monoisotopic (exact) mass is 236 g/mol. The summed E-state index contributed by atoms with van der Waals surface area (Å²) >= 11 is 1.50. The molecule has 0 unspecified atom stereocenters. The van der Waals surface area contributed by atoms with Gasteiger partial charge in [-0.15, -0.1) is 18.3 Å². The minimum atomic E-state index is 0.0133. The zero-order chi connectivity index (χ0) is 12.0. The molecule has 0 saturated heterocycles. The van der Waals surface area contributed by atoms with Gasteiger partial charge in [-0.05, 0) is 30.7 Å². The number of carbonyl (C=O) groups excluding carboxylic acids is 1. The van der Waals surface area contributed by atoms with Gasteiger partial charge in [-0.2, -0.15) is 0 Å². The van der Waals surface area contributed by atoms with Crippen molar-refractivity contribution in [2.75, 3.05) is 18.0 Å². The molecule has 1 rings (SSSR count). The first-order chi connectivity index (χ1) is 7.63. The van der Waals surface area contributed by atoms with Gasteiger partial charge in [-0.3, -0.25) is 4.79 Å². The highest BCUT2D eigenvalue weighted by atomic mass is 32.2. The fourth-order valence-electron chi connectivity index (χ4n) is 1.12. The van der Waals surface area contributed by atoms with Crippen LogP contribution in [-0.4, -0.2) is 18.2 Å². The Morgan fingerprint density at radius 3 is 3.00 bits per heavy atom. The molecule has 0 heterocycles. The number of thioether (sulfide) groups is 1. The van der Waals surface area contributed by atoms with Gasteiger partial charge in [0, 0.05) is 17.1 Å². The summed E-state index contributed by atoms with van der Waals surface area (Å²) in [5, 5.41) is 2.73. The fourth-order valence-corrected chi connectivity index (χ4v) is 1.95. The van der Waals surface area contributed by atoms with Gasteiger partial charge in [0.15, 0.2) is 0 Å². The zero-order valence-electron chi connectivity index (χ0n) is 9.32. The first-order valence-corrected chi connectivity index (χ1v) is 5.98. The van der Waals surface area contributed by atoms with E-state index in [1.54, 1.807) is 6.08 Å². The van der Waals surface area contributed by atoms with Crippen molar-refractivity contribution in [2.45, 2.75) is 11.8 Å². The number of hydrogen-bond acceptors (Lipinski definition) is 3. The summed E-state index contributed by atoms with van der Waals surface area (Å²) in [5.41, 5.74) is 7.53. The number of nitrogen functional groups attached to an aromatic ring is 1. The molecule has 0 fully saturated rings. The maximum atomic E-state index is 11.3. The molecule has 1 amide bonds. The molecule has 0 atom stereocenters. The van der Waals surface area contributed by atoms with E-state index in [2.05, 4.69) is 11.9 Å². The molecule has 0 aliphatic carbocycles. The average molecular weight is 236 g/mol. The van der Waals surface area contributed by atoms with Gasteiger partial charge in [-0.1, -0.05) is 6.08 Å². The lowest BCUT2D eigenvalue weighted by Gasteiger charge is -2.05. The molecule has 0 aromatic heterocycles. The molecule has 16 heavy (non-hydrogen) atoms. The summed E-state index contributed by atoms with van der Waals surface area (Å²) in [6, 6.07) is 5.77. The highest BCUT2D eigenvalue weighted by Gasteiger charge is 2.02. The Bertz CT molecular complexity index is 391. The molecule has 0 aliphatic heterocycles. The summed E-state index contributed by atoms with van der Waals surface area (Å²) < 4.78 is 0. The van der Waals surface area contributed by atoms with Crippen LogP contribution in [-0.2, 0) is 4.79 Å². The van der Waals surface area contributed by atoms with E-state index in [9.17, 15) is 4.79 Å². The molecule has 3 nitrogen and oxygen atoms in total. The van der Waals surface area contributed by atoms with Crippen molar-refractivity contribution in [3.05, 3.63) is 36.4 Å². The number of rotatable bonds is 5. The van der Waals surface area contributed by atoms with Gasteiger partial charge in [-0.25, -0.2) is 0 Å². The minimum absolute atomic E-state index is 0.0133. The van der Waals surface area contributed by atoms with Crippen LogP contribution in [0.15, 0.2) is 35.7 Å². The lowest BCUT2D eigenvalue weighted by Crippen LogP contribution is -2.24. The SMILES string of the molecule is C=CCNC(=O)CSc1ccc(N)c(C)c1. The number of anilines is 1. The van der Waals surface area contributed by atoms with Crippen LogP contribution in [0.4, 0.5) is 5.69 Å². The molecule has 4 heteroatoms. The lowest BCUT2D eigenvalue weighted by atomic mass is 10.2. The molecule has 1 aromatic rings. The Morgan fingerprint density at radius 2 is 2.38 bits per heavy atom. The molecule has 86 valence electrons. The van der Waals surface area contributed by atoms with E-state index in [-0.39, 0.29) is 5.91 Å². The Kier molecular flexibility index (Phi) is 4.92. The van der Waals surface area contributed by atoms with Crippen LogP contribution in [0.3, 0.4) is 0 Å². The molecule has 0 radical (unpaired) electrons. The third-order valence-corrected chi connectivity index (χ3v) is 3.05. The quantitative estimate of drug-likeness (QED) is 0.467. The predicted molar refractivity (Wildman–Crippen MR) is 69.5 cm³/mol. The predicted octanol–water partition coefficient (Wildman–Crippen LogP) is 1.97. The second kappa shape index (κ2) is 6.23. The van der Waals surface area contributed by atoms with Crippen molar-refractivity contribution in [3.8, 4) is 0 Å². The van der Waals surface area contributed by atoms with Crippen molar-refractivity contribution in [1.29, 1.82) is 0 Å². The van der Waals surface area contributed by atoms with Crippen LogP contribution < -0.4 is 11.1 Å². The van der Waals surface area contributed by atoms with E-state index in [0.717, 1.165) is 16.1 Å². The minimum Gasteiger partial charge on any atom is -0.399 e. The number of hydrogen-bond donors (Lipinski definition) is 2. The summed E-state index contributed by atoms with van der Waals surface area (Å²) in [6.45, 7) is 6.01. The molecular formula is C12H16N2OS. The van der Waals surface area contributed by atoms with Gasteiger partial charge in [0.25, 0.3) is 0 Å². The summed E-state index contributed by atoms with van der Waals surface area (Å²) in [6.07, 6.45) is 1.66. The Balaban J connectivity index is 2.45. The van der Waals surface area contributed by atoms with Crippen LogP contribution in [0, 0.1) is 6.92 Å². The van der Waals surface area contributed by atoms with E-state index in [0.29, 0.717) is 12.3 Å². The Labute approximate surface area is 100 Å². The number of carbonyl (C=O) groups is 1. The first-order valence-electron chi connectivity index (χ1n) is 5.00. The summed E-state index contributed by atoms with van der Waals surface area (Å²) in [4.78, 5) is 12.4. The van der Waals surface area contributed by atoms with Gasteiger partial charge < -0.3 is 11.1 Å². The van der Waals surface area contributed by atoms with Gasteiger partial charge in [0.05, 0.1) is 5.75 Å². The third-order valence-electron chi connectivity index (χ3n) is 2.05. The van der Waals surface area contributed by atoms with E-state index >= 15 is 0 Å². The second-order valence-corrected chi connectivity index (χ2v) is 4.45. The number of aryl methyl sites for hydroxylation is 1. The normalized spacial score (nSPS) is 9.81. The van der Waals surface area contributed by atoms with Crippen molar-refractivity contribution in [3.63, 3.8) is 0 Å². The standard InChI is InChI=1S/C12H16N2OS/c1-3-6-14-12(15)8-16-10-4-5-11(13)9(2)7-10/h3-5,7H,1,6,8,13H2,2H3,(H,14,15). The van der Waals surface area contributed by atoms with E-state index in [4.69, 9.17) is 5.73 Å². The van der Waals surface area contributed by atoms with Crippen LogP contribution in [0.5, 0.6) is 0 Å². The summed E-state index contributed by atoms with van der Waals surface area (Å²) in [5.74, 6) is 0.427. The van der Waals surface area contributed by atoms with Crippen molar-refractivity contribution in [1.82, 2.24) is 5.32 Å². The highest BCUT2D eigenvalue weighted by Crippen LogP contribution is 2.21. The van der Waals surface area contributed by atoms with Crippen LogP contribution in [0.1, 0.15) is 5.56 Å². The molecule has 0 saturated carbocycles.